The van der Waals surface area contributed by atoms with Crippen molar-refractivity contribution in [2.45, 2.75) is 6.54 Å². The number of phenols is 1. The largest absolute Gasteiger partial charge is 0.506 e. The summed E-state index contributed by atoms with van der Waals surface area (Å²) in [7, 11) is 1.63. The fourth-order valence-corrected chi connectivity index (χ4v) is 4.91. The van der Waals surface area contributed by atoms with Gasteiger partial charge in [0.25, 0.3) is 11.8 Å². The molecule has 1 aromatic carbocycles. The monoisotopic (exact) mass is 562 g/mol. The number of nitrogens with one attached hydrogen (secondary N) is 2. The van der Waals surface area contributed by atoms with Gasteiger partial charge in [-0.05, 0) is 36.2 Å². The first-order valence-electron chi connectivity index (χ1n) is 9.33. The number of pyridine rings is 1. The molecule has 1 atom stereocenters. The van der Waals surface area contributed by atoms with Gasteiger partial charge in [-0.25, -0.2) is 9.19 Å². The standard InChI is InChI=1S/C20H17Cl3N4O5S2/c1-27(9-34(31)32)7-10-8-33-18(16(10)23)20(30)26-17-13(4-12(22)5-14(17)28)19(29)25-15-3-2-11(21)6-24-15/h2-6,8,28H,7,9H2,1H3,(H,26,30)(H,31,32)(H,24,25,29). The van der Waals surface area contributed by atoms with Crippen LogP contribution in [0.3, 0.4) is 0 Å². The van der Waals surface area contributed by atoms with Crippen molar-refractivity contribution >= 4 is 80.5 Å². The van der Waals surface area contributed by atoms with Gasteiger partial charge in [-0.1, -0.05) is 34.8 Å². The van der Waals surface area contributed by atoms with Gasteiger partial charge in [-0.2, -0.15) is 0 Å². The minimum absolute atomic E-state index is 0.0745. The number of anilines is 2. The minimum atomic E-state index is -2.01. The Hall–Kier alpha value is -2.25. The molecule has 0 spiro atoms. The van der Waals surface area contributed by atoms with Crippen LogP contribution in [0.5, 0.6) is 5.75 Å². The molecule has 0 saturated heterocycles. The zero-order chi connectivity index (χ0) is 25.0. The van der Waals surface area contributed by atoms with E-state index in [-0.39, 0.29) is 44.4 Å². The minimum Gasteiger partial charge on any atom is -0.506 e. The molecule has 34 heavy (non-hydrogen) atoms. The van der Waals surface area contributed by atoms with Crippen LogP contribution in [0.4, 0.5) is 11.5 Å². The van der Waals surface area contributed by atoms with E-state index in [1.165, 1.54) is 30.5 Å². The maximum Gasteiger partial charge on any atom is 0.267 e. The molecule has 14 heteroatoms. The Morgan fingerprint density at radius 1 is 1.15 bits per heavy atom. The number of amides is 2. The van der Waals surface area contributed by atoms with Crippen LogP contribution in [0, 0.1) is 0 Å². The van der Waals surface area contributed by atoms with E-state index in [0.29, 0.717) is 10.6 Å². The van der Waals surface area contributed by atoms with Gasteiger partial charge in [0.15, 0.2) is 11.1 Å². The van der Waals surface area contributed by atoms with E-state index in [1.54, 1.807) is 17.3 Å². The summed E-state index contributed by atoms with van der Waals surface area (Å²) in [4.78, 5) is 31.5. The summed E-state index contributed by atoms with van der Waals surface area (Å²) < 4.78 is 20.0. The molecule has 0 fully saturated rings. The Morgan fingerprint density at radius 3 is 2.53 bits per heavy atom. The number of carbonyl (C=O) groups is 2. The average molecular weight is 564 g/mol. The molecule has 4 N–H and O–H groups in total. The molecule has 9 nitrogen and oxygen atoms in total. The van der Waals surface area contributed by atoms with E-state index in [1.807, 2.05) is 0 Å². The average Bonchev–Trinajstić information content (AvgIpc) is 3.10. The third-order valence-corrected chi connectivity index (χ3v) is 6.99. The smallest absolute Gasteiger partial charge is 0.267 e. The van der Waals surface area contributed by atoms with Crippen LogP contribution in [-0.2, 0) is 17.6 Å². The van der Waals surface area contributed by atoms with Crippen molar-refractivity contribution in [3.8, 4) is 5.75 Å². The molecule has 3 rings (SSSR count). The van der Waals surface area contributed by atoms with E-state index in [9.17, 15) is 18.9 Å². The first-order chi connectivity index (χ1) is 16.0. The number of aromatic nitrogens is 1. The fraction of sp³-hybridized carbons (Fsp3) is 0.150. The number of hydrogen-bond acceptors (Lipinski definition) is 7. The van der Waals surface area contributed by atoms with Crippen LogP contribution >= 0.6 is 46.1 Å². The van der Waals surface area contributed by atoms with Crippen LogP contribution in [-0.4, -0.2) is 48.5 Å². The molecule has 2 amide bonds. The van der Waals surface area contributed by atoms with Gasteiger partial charge >= 0.3 is 0 Å². The van der Waals surface area contributed by atoms with Crippen LogP contribution in [0.15, 0.2) is 35.8 Å². The molecule has 1 unspecified atom stereocenters. The second kappa shape index (κ2) is 11.5. The summed E-state index contributed by atoms with van der Waals surface area (Å²) in [5.74, 6) is -1.66. The third kappa shape index (κ3) is 6.66. The van der Waals surface area contributed by atoms with Crippen LogP contribution in [0.2, 0.25) is 15.1 Å². The van der Waals surface area contributed by atoms with Crippen LogP contribution in [0.25, 0.3) is 0 Å². The van der Waals surface area contributed by atoms with Crippen molar-refractivity contribution in [1.29, 1.82) is 0 Å². The summed E-state index contributed by atoms with van der Waals surface area (Å²) in [6, 6.07) is 5.49. The third-order valence-electron chi connectivity index (χ3n) is 4.31. The number of rotatable bonds is 8. The van der Waals surface area contributed by atoms with E-state index < -0.39 is 28.6 Å². The molecule has 2 heterocycles. The summed E-state index contributed by atoms with van der Waals surface area (Å²) in [5.41, 5.74) is 0.310. The molecule has 180 valence electrons. The highest BCUT2D eigenvalue weighted by molar-refractivity contribution is 7.79. The van der Waals surface area contributed by atoms with Crippen molar-refractivity contribution < 1.29 is 23.5 Å². The zero-order valence-corrected chi connectivity index (χ0v) is 21.2. The van der Waals surface area contributed by atoms with Crippen LogP contribution < -0.4 is 10.6 Å². The van der Waals surface area contributed by atoms with E-state index in [0.717, 1.165) is 11.3 Å². The number of aromatic hydroxyl groups is 1. The molecule has 2 aromatic heterocycles. The van der Waals surface area contributed by atoms with Crippen molar-refractivity contribution in [1.82, 2.24) is 9.88 Å². The van der Waals surface area contributed by atoms with Gasteiger partial charge in [0.1, 0.15) is 22.3 Å². The normalized spacial score (nSPS) is 11.9. The van der Waals surface area contributed by atoms with Gasteiger partial charge in [0, 0.05) is 23.8 Å². The molecule has 0 aliphatic rings. The lowest BCUT2D eigenvalue weighted by atomic mass is 10.1. The lowest BCUT2D eigenvalue weighted by molar-refractivity contribution is 0.102. The summed E-state index contributed by atoms with van der Waals surface area (Å²) in [5, 5.41) is 17.7. The van der Waals surface area contributed by atoms with Crippen LogP contribution in [0.1, 0.15) is 25.6 Å². The molecule has 0 saturated carbocycles. The molecule has 0 aliphatic carbocycles. The van der Waals surface area contributed by atoms with Gasteiger partial charge < -0.3 is 20.3 Å². The number of phenolic OH excluding ortho intramolecular Hbond substituents is 1. The maximum atomic E-state index is 12.9. The maximum absolute atomic E-state index is 12.9. The van der Waals surface area contributed by atoms with Gasteiger partial charge in [-0.3, -0.25) is 14.5 Å². The molecule has 3 aromatic rings. The summed E-state index contributed by atoms with van der Waals surface area (Å²) >= 11 is 17.2. The Bertz CT molecular complexity index is 1250. The second-order valence-corrected chi connectivity index (χ2v) is 10.0. The van der Waals surface area contributed by atoms with Crippen molar-refractivity contribution in [2.75, 3.05) is 23.6 Å². The molecular formula is C20H17Cl3N4O5S2. The van der Waals surface area contributed by atoms with Crippen molar-refractivity contribution in [2.24, 2.45) is 0 Å². The Kier molecular flexibility index (Phi) is 8.88. The number of halogens is 3. The number of thiophene rings is 1. The van der Waals surface area contributed by atoms with E-state index >= 15 is 0 Å². The highest BCUT2D eigenvalue weighted by Crippen LogP contribution is 2.35. The zero-order valence-electron chi connectivity index (χ0n) is 17.3. The topological polar surface area (TPSA) is 132 Å². The lowest BCUT2D eigenvalue weighted by Crippen LogP contribution is -2.22. The Labute approximate surface area is 215 Å². The molecule has 0 aliphatic heterocycles. The van der Waals surface area contributed by atoms with E-state index in [2.05, 4.69) is 15.6 Å². The lowest BCUT2D eigenvalue weighted by Gasteiger charge is -2.14. The molecule has 0 bridgehead atoms. The van der Waals surface area contributed by atoms with Gasteiger partial charge in [0.2, 0.25) is 0 Å². The number of hydrogen-bond donors (Lipinski definition) is 4. The van der Waals surface area contributed by atoms with Crippen molar-refractivity contribution in [3.63, 3.8) is 0 Å². The predicted octanol–water partition coefficient (Wildman–Crippen LogP) is 4.92. The highest BCUT2D eigenvalue weighted by Gasteiger charge is 2.23. The fourth-order valence-electron chi connectivity index (χ4n) is 2.87. The number of carbonyl (C=O) groups excluding carboxylic acids is 2. The predicted molar refractivity (Wildman–Crippen MR) is 135 cm³/mol. The quantitative estimate of drug-likeness (QED) is 0.226. The highest BCUT2D eigenvalue weighted by atomic mass is 35.5. The summed E-state index contributed by atoms with van der Waals surface area (Å²) in [6.07, 6.45) is 1.35. The first-order valence-corrected chi connectivity index (χ1v) is 12.6. The molecular weight excluding hydrogens is 547 g/mol. The van der Waals surface area contributed by atoms with Gasteiger partial charge in [0.05, 0.1) is 21.3 Å². The summed E-state index contributed by atoms with van der Waals surface area (Å²) in [6.45, 7) is 0.239. The van der Waals surface area contributed by atoms with E-state index in [4.69, 9.17) is 39.4 Å². The molecule has 0 radical (unpaired) electrons. The SMILES string of the molecule is CN(Cc1csc(C(=O)Nc2c(O)cc(Cl)cc2C(=O)Nc2ccc(Cl)cn2)c1Cl)CS(=O)O. The number of benzene rings is 1. The number of nitrogens with zero attached hydrogens (tertiary/aromatic N) is 2. The Balaban J connectivity index is 1.84. The van der Waals surface area contributed by atoms with Gasteiger partial charge in [-0.15, -0.1) is 11.3 Å². The first kappa shape index (κ1) is 26.4. The second-order valence-electron chi connectivity index (χ2n) is 6.99. The van der Waals surface area contributed by atoms with Crippen molar-refractivity contribution in [3.05, 3.63) is 66.9 Å². The Morgan fingerprint density at radius 2 is 1.88 bits per heavy atom.